The van der Waals surface area contributed by atoms with Crippen LogP contribution in [0.25, 0.3) is 0 Å². The van der Waals surface area contributed by atoms with Crippen LogP contribution >= 0.6 is 11.6 Å². The maximum Gasteiger partial charge on any atom is 0.0360 e. The molecule has 0 unspecified atom stereocenters. The van der Waals surface area contributed by atoms with E-state index in [2.05, 4.69) is 49.9 Å². The van der Waals surface area contributed by atoms with E-state index >= 15 is 0 Å². The normalized spacial score (nSPS) is 19.1. The molecule has 1 aromatic rings. The Kier molecular flexibility index (Phi) is 4.34. The van der Waals surface area contributed by atoms with Gasteiger partial charge in [0.2, 0.25) is 0 Å². The Balaban J connectivity index is 1.94. The first-order chi connectivity index (χ1) is 8.45. The second-order valence-corrected chi connectivity index (χ2v) is 7.01. The van der Waals surface area contributed by atoms with Crippen LogP contribution in [-0.2, 0) is 12.0 Å². The van der Waals surface area contributed by atoms with Crippen molar-refractivity contribution in [2.75, 3.05) is 13.1 Å². The van der Waals surface area contributed by atoms with Crippen molar-refractivity contribution < 1.29 is 0 Å². The number of rotatable bonds is 2. The van der Waals surface area contributed by atoms with Crippen LogP contribution in [0.1, 0.15) is 44.7 Å². The van der Waals surface area contributed by atoms with Crippen LogP contribution in [0.5, 0.6) is 0 Å². The molecule has 0 radical (unpaired) electrons. The van der Waals surface area contributed by atoms with E-state index in [0.29, 0.717) is 5.38 Å². The molecule has 0 amide bonds. The number of hydrogen-bond donors (Lipinski definition) is 0. The monoisotopic (exact) mass is 265 g/mol. The highest BCUT2D eigenvalue weighted by molar-refractivity contribution is 6.20. The van der Waals surface area contributed by atoms with Crippen molar-refractivity contribution >= 4 is 11.6 Å². The Bertz CT molecular complexity index is 369. The van der Waals surface area contributed by atoms with Gasteiger partial charge in [0.25, 0.3) is 0 Å². The van der Waals surface area contributed by atoms with E-state index in [0.717, 1.165) is 32.5 Å². The number of likely N-dealkylation sites (tertiary alicyclic amines) is 1. The van der Waals surface area contributed by atoms with E-state index in [1.807, 2.05) is 0 Å². The second-order valence-electron chi connectivity index (χ2n) is 6.40. The highest BCUT2D eigenvalue weighted by Crippen LogP contribution is 2.23. The van der Waals surface area contributed by atoms with Crippen molar-refractivity contribution in [2.24, 2.45) is 0 Å². The van der Waals surface area contributed by atoms with E-state index < -0.39 is 0 Å². The maximum atomic E-state index is 6.13. The lowest BCUT2D eigenvalue weighted by atomic mass is 9.87. The molecule has 1 aromatic carbocycles. The molecule has 1 aliphatic heterocycles. The number of halogens is 1. The highest BCUT2D eigenvalue weighted by Gasteiger charge is 2.17. The third kappa shape index (κ3) is 3.73. The zero-order chi connectivity index (χ0) is 13.2. The van der Waals surface area contributed by atoms with E-state index in [-0.39, 0.29) is 5.41 Å². The molecule has 1 nitrogen and oxygen atoms in total. The Morgan fingerprint density at radius 1 is 1.11 bits per heavy atom. The molecule has 2 rings (SSSR count). The van der Waals surface area contributed by atoms with Crippen LogP contribution in [0.15, 0.2) is 24.3 Å². The topological polar surface area (TPSA) is 3.24 Å². The second kappa shape index (κ2) is 5.63. The third-order valence-corrected chi connectivity index (χ3v) is 4.18. The molecule has 0 N–H and O–H groups in total. The maximum absolute atomic E-state index is 6.13. The van der Waals surface area contributed by atoms with E-state index in [4.69, 9.17) is 11.6 Å². The Morgan fingerprint density at radius 2 is 1.67 bits per heavy atom. The zero-order valence-electron chi connectivity index (χ0n) is 11.7. The van der Waals surface area contributed by atoms with Gasteiger partial charge < -0.3 is 0 Å². The summed E-state index contributed by atoms with van der Waals surface area (Å²) in [4.78, 5) is 2.50. The summed E-state index contributed by atoms with van der Waals surface area (Å²) >= 11 is 6.13. The summed E-state index contributed by atoms with van der Waals surface area (Å²) in [5.41, 5.74) is 3.07. The van der Waals surface area contributed by atoms with Crippen molar-refractivity contribution in [1.29, 1.82) is 0 Å². The van der Waals surface area contributed by atoms with Crippen LogP contribution in [0.2, 0.25) is 0 Å². The summed E-state index contributed by atoms with van der Waals surface area (Å²) in [7, 11) is 0. The van der Waals surface area contributed by atoms with Gasteiger partial charge in [-0.15, -0.1) is 11.6 Å². The molecule has 0 aliphatic carbocycles. The van der Waals surface area contributed by atoms with Crippen molar-refractivity contribution in [2.45, 2.75) is 50.9 Å². The summed E-state index contributed by atoms with van der Waals surface area (Å²) in [6, 6.07) is 9.08. The van der Waals surface area contributed by atoms with Gasteiger partial charge in [-0.25, -0.2) is 0 Å². The molecular weight excluding hydrogens is 242 g/mol. The summed E-state index contributed by atoms with van der Waals surface area (Å²) < 4.78 is 0. The van der Waals surface area contributed by atoms with Gasteiger partial charge in [-0.1, -0.05) is 45.0 Å². The molecule has 18 heavy (non-hydrogen) atoms. The van der Waals surface area contributed by atoms with Crippen LogP contribution < -0.4 is 0 Å². The Morgan fingerprint density at radius 3 is 2.17 bits per heavy atom. The van der Waals surface area contributed by atoms with E-state index in [9.17, 15) is 0 Å². The SMILES string of the molecule is CC(C)(C)c1ccc(CN2CCC(Cl)CC2)cc1. The van der Waals surface area contributed by atoms with Crippen LogP contribution in [0.3, 0.4) is 0 Å². The number of piperidine rings is 1. The lowest BCUT2D eigenvalue weighted by molar-refractivity contribution is 0.223. The van der Waals surface area contributed by atoms with Crippen molar-refractivity contribution in [3.63, 3.8) is 0 Å². The van der Waals surface area contributed by atoms with Crippen LogP contribution in [0, 0.1) is 0 Å². The summed E-state index contributed by atoms with van der Waals surface area (Å²) in [5.74, 6) is 0. The molecule has 0 atom stereocenters. The summed E-state index contributed by atoms with van der Waals surface area (Å²) in [5, 5.41) is 0.393. The molecule has 1 fully saturated rings. The van der Waals surface area contributed by atoms with Crippen molar-refractivity contribution in [1.82, 2.24) is 4.90 Å². The average Bonchev–Trinajstić information content (AvgIpc) is 2.32. The van der Waals surface area contributed by atoms with Gasteiger partial charge in [0, 0.05) is 11.9 Å². The molecule has 0 saturated carbocycles. The first-order valence-electron chi connectivity index (χ1n) is 6.91. The molecular formula is C16H24ClN. The largest absolute Gasteiger partial charge is 0.299 e. The van der Waals surface area contributed by atoms with Gasteiger partial charge in [0.05, 0.1) is 0 Å². The summed E-state index contributed by atoms with van der Waals surface area (Å²) in [6.45, 7) is 10.1. The minimum Gasteiger partial charge on any atom is -0.299 e. The fourth-order valence-corrected chi connectivity index (χ4v) is 2.62. The first kappa shape index (κ1) is 13.9. The quantitative estimate of drug-likeness (QED) is 0.725. The number of benzene rings is 1. The zero-order valence-corrected chi connectivity index (χ0v) is 12.5. The Labute approximate surface area is 116 Å². The van der Waals surface area contributed by atoms with E-state index in [1.54, 1.807) is 0 Å². The third-order valence-electron chi connectivity index (χ3n) is 3.74. The van der Waals surface area contributed by atoms with Crippen molar-refractivity contribution in [3.05, 3.63) is 35.4 Å². The molecule has 0 bridgehead atoms. The van der Waals surface area contributed by atoms with Crippen LogP contribution in [-0.4, -0.2) is 23.4 Å². The predicted molar refractivity (Wildman–Crippen MR) is 79.3 cm³/mol. The molecule has 100 valence electrons. The van der Waals surface area contributed by atoms with Crippen LogP contribution in [0.4, 0.5) is 0 Å². The standard InChI is InChI=1S/C16H24ClN/c1-16(2,3)14-6-4-13(5-7-14)12-18-10-8-15(17)9-11-18/h4-7,15H,8-12H2,1-3H3. The fourth-order valence-electron chi connectivity index (χ4n) is 2.43. The highest BCUT2D eigenvalue weighted by atomic mass is 35.5. The Hall–Kier alpha value is -0.530. The number of nitrogens with zero attached hydrogens (tertiary/aromatic N) is 1. The molecule has 2 heteroatoms. The van der Waals surface area contributed by atoms with Gasteiger partial charge in [-0.2, -0.15) is 0 Å². The van der Waals surface area contributed by atoms with E-state index in [1.165, 1.54) is 11.1 Å². The molecule has 0 aromatic heterocycles. The predicted octanol–water partition coefficient (Wildman–Crippen LogP) is 4.19. The average molecular weight is 266 g/mol. The van der Waals surface area contributed by atoms with Gasteiger partial charge in [0.15, 0.2) is 0 Å². The lowest BCUT2D eigenvalue weighted by Gasteiger charge is -2.29. The van der Waals surface area contributed by atoms with Crippen molar-refractivity contribution in [3.8, 4) is 0 Å². The van der Waals surface area contributed by atoms with Gasteiger partial charge >= 0.3 is 0 Å². The fraction of sp³-hybridized carbons (Fsp3) is 0.625. The van der Waals surface area contributed by atoms with Gasteiger partial charge in [-0.05, 0) is 42.5 Å². The first-order valence-corrected chi connectivity index (χ1v) is 7.34. The van der Waals surface area contributed by atoms with Gasteiger partial charge in [0.1, 0.15) is 0 Å². The minimum atomic E-state index is 0.246. The summed E-state index contributed by atoms with van der Waals surface area (Å²) in [6.07, 6.45) is 2.25. The number of hydrogen-bond acceptors (Lipinski definition) is 1. The lowest BCUT2D eigenvalue weighted by Crippen LogP contribution is -2.33. The molecule has 1 saturated heterocycles. The minimum absolute atomic E-state index is 0.246. The number of alkyl halides is 1. The molecule has 0 spiro atoms. The van der Waals surface area contributed by atoms with Gasteiger partial charge in [-0.3, -0.25) is 4.90 Å². The molecule has 1 heterocycles. The smallest absolute Gasteiger partial charge is 0.0360 e. The molecule has 1 aliphatic rings.